The molecule has 0 aromatic carbocycles. The van der Waals surface area contributed by atoms with E-state index < -0.39 is 12.1 Å². The van der Waals surface area contributed by atoms with E-state index in [1.807, 2.05) is 0 Å². The third-order valence-electron chi connectivity index (χ3n) is 1.55. The van der Waals surface area contributed by atoms with Gasteiger partial charge in [-0.3, -0.25) is 0 Å². The first-order valence-corrected chi connectivity index (χ1v) is 3.70. The molecule has 0 nitrogen and oxygen atoms in total. The van der Waals surface area contributed by atoms with Crippen molar-refractivity contribution in [2.75, 3.05) is 0 Å². The van der Waals surface area contributed by atoms with Gasteiger partial charge in [0, 0.05) is 0 Å². The van der Waals surface area contributed by atoms with E-state index in [0.29, 0.717) is 6.42 Å². The van der Waals surface area contributed by atoms with Crippen LogP contribution in [0.2, 0.25) is 0 Å². The largest absolute Gasteiger partial charge is 0.392 e. The van der Waals surface area contributed by atoms with E-state index in [0.717, 1.165) is 0 Å². The number of allylic oxidation sites excluding steroid dienone is 1. The standard InChI is InChI=1S/C8H13F3/c1-3-5-7(6-4-2)8(9,10)11/h3,7H,1,4-6H2,2H3. The molecule has 0 saturated carbocycles. The molecule has 0 aliphatic heterocycles. The zero-order chi connectivity index (χ0) is 8.91. The average Bonchev–Trinajstić information content (AvgIpc) is 1.85. The second-order valence-electron chi connectivity index (χ2n) is 2.55. The second-order valence-corrected chi connectivity index (χ2v) is 2.55. The molecule has 0 amide bonds. The fourth-order valence-electron chi connectivity index (χ4n) is 0.965. The zero-order valence-electron chi connectivity index (χ0n) is 6.62. The molecule has 0 aliphatic carbocycles. The third-order valence-corrected chi connectivity index (χ3v) is 1.55. The summed E-state index contributed by atoms with van der Waals surface area (Å²) in [7, 11) is 0. The summed E-state index contributed by atoms with van der Waals surface area (Å²) in [5, 5.41) is 0. The summed E-state index contributed by atoms with van der Waals surface area (Å²) in [6, 6.07) is 0. The van der Waals surface area contributed by atoms with Gasteiger partial charge >= 0.3 is 6.18 Å². The molecular weight excluding hydrogens is 153 g/mol. The monoisotopic (exact) mass is 166 g/mol. The summed E-state index contributed by atoms with van der Waals surface area (Å²) in [6.07, 6.45) is -1.91. The lowest BCUT2D eigenvalue weighted by Crippen LogP contribution is -2.21. The van der Waals surface area contributed by atoms with Gasteiger partial charge in [-0.05, 0) is 12.8 Å². The van der Waals surface area contributed by atoms with Gasteiger partial charge in [0.2, 0.25) is 0 Å². The summed E-state index contributed by atoms with van der Waals surface area (Å²) >= 11 is 0. The van der Waals surface area contributed by atoms with Crippen LogP contribution in [0.15, 0.2) is 12.7 Å². The van der Waals surface area contributed by atoms with E-state index in [9.17, 15) is 13.2 Å². The summed E-state index contributed by atoms with van der Waals surface area (Å²) < 4.78 is 36.1. The van der Waals surface area contributed by atoms with Crippen LogP contribution in [0.1, 0.15) is 26.2 Å². The lowest BCUT2D eigenvalue weighted by atomic mass is 9.99. The zero-order valence-corrected chi connectivity index (χ0v) is 6.62. The molecule has 3 heteroatoms. The first kappa shape index (κ1) is 10.5. The highest BCUT2D eigenvalue weighted by molar-refractivity contribution is 4.77. The van der Waals surface area contributed by atoms with Gasteiger partial charge in [-0.1, -0.05) is 19.4 Å². The molecule has 11 heavy (non-hydrogen) atoms. The van der Waals surface area contributed by atoms with Gasteiger partial charge < -0.3 is 0 Å². The van der Waals surface area contributed by atoms with E-state index in [-0.39, 0.29) is 12.8 Å². The van der Waals surface area contributed by atoms with Crippen LogP contribution >= 0.6 is 0 Å². The van der Waals surface area contributed by atoms with E-state index >= 15 is 0 Å². The molecule has 0 aliphatic rings. The van der Waals surface area contributed by atoms with Crippen molar-refractivity contribution in [2.24, 2.45) is 5.92 Å². The number of hydrogen-bond acceptors (Lipinski definition) is 0. The number of alkyl halides is 3. The SMILES string of the molecule is C=CCC(CCC)C(F)(F)F. The molecule has 0 radical (unpaired) electrons. The lowest BCUT2D eigenvalue weighted by Gasteiger charge is -2.17. The summed E-state index contributed by atoms with van der Waals surface area (Å²) in [4.78, 5) is 0. The first-order chi connectivity index (χ1) is 5.02. The maximum Gasteiger partial charge on any atom is 0.392 e. The fourth-order valence-corrected chi connectivity index (χ4v) is 0.965. The molecule has 0 fully saturated rings. The van der Waals surface area contributed by atoms with E-state index in [1.54, 1.807) is 6.92 Å². The topological polar surface area (TPSA) is 0 Å². The molecule has 0 aromatic heterocycles. The van der Waals surface area contributed by atoms with Crippen molar-refractivity contribution in [1.82, 2.24) is 0 Å². The van der Waals surface area contributed by atoms with E-state index in [4.69, 9.17) is 0 Å². The van der Waals surface area contributed by atoms with Gasteiger partial charge in [-0.2, -0.15) is 13.2 Å². The van der Waals surface area contributed by atoms with Crippen LogP contribution in [-0.2, 0) is 0 Å². The summed E-state index contributed by atoms with van der Waals surface area (Å²) in [6.45, 7) is 5.05. The fraction of sp³-hybridized carbons (Fsp3) is 0.750. The molecule has 0 saturated heterocycles. The Balaban J connectivity index is 3.97. The lowest BCUT2D eigenvalue weighted by molar-refractivity contribution is -0.175. The normalized spacial score (nSPS) is 14.5. The minimum Gasteiger partial charge on any atom is -0.171 e. The van der Waals surface area contributed by atoms with Gasteiger partial charge in [0.25, 0.3) is 0 Å². The molecular formula is C8H13F3. The number of halogens is 3. The Hall–Kier alpha value is -0.470. The Morgan fingerprint density at radius 3 is 2.27 bits per heavy atom. The second kappa shape index (κ2) is 4.42. The van der Waals surface area contributed by atoms with Crippen molar-refractivity contribution < 1.29 is 13.2 Å². The molecule has 1 atom stereocenters. The van der Waals surface area contributed by atoms with Crippen molar-refractivity contribution in [1.29, 1.82) is 0 Å². The highest BCUT2D eigenvalue weighted by Crippen LogP contribution is 2.32. The van der Waals surface area contributed by atoms with Gasteiger partial charge in [-0.15, -0.1) is 6.58 Å². The predicted octanol–water partition coefficient (Wildman–Crippen LogP) is 3.54. The van der Waals surface area contributed by atoms with Gasteiger partial charge in [0.1, 0.15) is 0 Å². The van der Waals surface area contributed by atoms with Crippen molar-refractivity contribution in [3.05, 3.63) is 12.7 Å². The molecule has 0 bridgehead atoms. The first-order valence-electron chi connectivity index (χ1n) is 3.70. The van der Waals surface area contributed by atoms with Crippen LogP contribution in [0.3, 0.4) is 0 Å². The van der Waals surface area contributed by atoms with Crippen LogP contribution in [-0.4, -0.2) is 6.18 Å². The van der Waals surface area contributed by atoms with Crippen LogP contribution in [0.4, 0.5) is 13.2 Å². The maximum absolute atomic E-state index is 12.0. The highest BCUT2D eigenvalue weighted by Gasteiger charge is 2.37. The highest BCUT2D eigenvalue weighted by atomic mass is 19.4. The Morgan fingerprint density at radius 1 is 1.45 bits per heavy atom. The summed E-state index contributed by atoms with van der Waals surface area (Å²) in [5.41, 5.74) is 0. The molecule has 1 unspecified atom stereocenters. The predicted molar refractivity (Wildman–Crippen MR) is 39.3 cm³/mol. The molecule has 0 N–H and O–H groups in total. The quantitative estimate of drug-likeness (QED) is 0.560. The van der Waals surface area contributed by atoms with Crippen LogP contribution in [0.5, 0.6) is 0 Å². The van der Waals surface area contributed by atoms with Gasteiger partial charge in [0.05, 0.1) is 5.92 Å². The minimum atomic E-state index is -4.05. The van der Waals surface area contributed by atoms with Crippen molar-refractivity contribution in [3.63, 3.8) is 0 Å². The van der Waals surface area contributed by atoms with Crippen LogP contribution < -0.4 is 0 Å². The number of hydrogen-bond donors (Lipinski definition) is 0. The summed E-state index contributed by atoms with van der Waals surface area (Å²) in [5.74, 6) is -1.19. The van der Waals surface area contributed by atoms with E-state index in [2.05, 4.69) is 6.58 Å². The average molecular weight is 166 g/mol. The molecule has 0 aromatic rings. The molecule has 0 spiro atoms. The Bertz CT molecular complexity index is 115. The molecule has 0 rings (SSSR count). The minimum absolute atomic E-state index is 0.0390. The van der Waals surface area contributed by atoms with E-state index in [1.165, 1.54) is 6.08 Å². The smallest absolute Gasteiger partial charge is 0.171 e. The Labute approximate surface area is 65.1 Å². The van der Waals surface area contributed by atoms with Crippen molar-refractivity contribution >= 4 is 0 Å². The molecule has 0 heterocycles. The Kier molecular flexibility index (Phi) is 4.23. The van der Waals surface area contributed by atoms with Crippen molar-refractivity contribution in [2.45, 2.75) is 32.4 Å². The third kappa shape index (κ3) is 4.06. The van der Waals surface area contributed by atoms with Crippen molar-refractivity contribution in [3.8, 4) is 0 Å². The van der Waals surface area contributed by atoms with Crippen LogP contribution in [0, 0.1) is 5.92 Å². The van der Waals surface area contributed by atoms with Gasteiger partial charge in [0.15, 0.2) is 0 Å². The van der Waals surface area contributed by atoms with Crippen LogP contribution in [0.25, 0.3) is 0 Å². The molecule has 66 valence electrons. The Morgan fingerprint density at radius 2 is 2.00 bits per heavy atom. The number of rotatable bonds is 4. The maximum atomic E-state index is 12.0. The van der Waals surface area contributed by atoms with Gasteiger partial charge in [-0.25, -0.2) is 0 Å².